The Hall–Kier alpha value is -2.41. The first-order valence-electron chi connectivity index (χ1n) is 13.0. The number of rotatable bonds is 12. The van der Waals surface area contributed by atoms with Gasteiger partial charge in [0.05, 0.1) is 13.2 Å². The topological polar surface area (TPSA) is 27.7 Å². The Labute approximate surface area is 211 Å². The maximum atomic E-state index is 15.1. The molecule has 1 saturated heterocycles. The van der Waals surface area contributed by atoms with Gasteiger partial charge in [-0.05, 0) is 59.9 Å². The van der Waals surface area contributed by atoms with E-state index in [0.717, 1.165) is 42.9 Å². The van der Waals surface area contributed by atoms with Crippen molar-refractivity contribution in [1.82, 2.24) is 0 Å². The quantitative estimate of drug-likeness (QED) is 0.244. The van der Waals surface area contributed by atoms with E-state index in [1.807, 2.05) is 24.3 Å². The first kappa shape index (κ1) is 26.6. The third-order valence-electron chi connectivity index (χ3n) is 6.72. The van der Waals surface area contributed by atoms with Gasteiger partial charge in [0, 0.05) is 18.4 Å². The van der Waals surface area contributed by atoms with Crippen LogP contribution in [0.5, 0.6) is 0 Å². The summed E-state index contributed by atoms with van der Waals surface area (Å²) in [6.07, 6.45) is 6.81. The number of hydrogen-bond acceptors (Lipinski definition) is 3. The molecule has 1 aliphatic heterocycles. The van der Waals surface area contributed by atoms with E-state index in [-0.39, 0.29) is 18.2 Å². The fourth-order valence-electron chi connectivity index (χ4n) is 4.56. The van der Waals surface area contributed by atoms with Crippen LogP contribution in [0.2, 0.25) is 0 Å². The maximum absolute atomic E-state index is 15.1. The van der Waals surface area contributed by atoms with Crippen molar-refractivity contribution < 1.29 is 27.4 Å². The van der Waals surface area contributed by atoms with Crippen molar-refractivity contribution >= 4 is 10.8 Å². The van der Waals surface area contributed by atoms with Crippen LogP contribution in [0.1, 0.15) is 55.7 Å². The highest BCUT2D eigenvalue weighted by Gasteiger charge is 2.22. The van der Waals surface area contributed by atoms with Crippen molar-refractivity contribution in [3.05, 3.63) is 82.7 Å². The van der Waals surface area contributed by atoms with Crippen molar-refractivity contribution in [2.45, 2.75) is 70.7 Å². The molecule has 0 saturated carbocycles. The van der Waals surface area contributed by atoms with Gasteiger partial charge < -0.3 is 14.2 Å². The summed E-state index contributed by atoms with van der Waals surface area (Å²) in [6.45, 7) is 4.05. The van der Waals surface area contributed by atoms with Gasteiger partial charge in [-0.25, -0.2) is 13.2 Å². The van der Waals surface area contributed by atoms with Gasteiger partial charge in [-0.1, -0.05) is 62.6 Å². The molecule has 1 aliphatic rings. The van der Waals surface area contributed by atoms with Crippen molar-refractivity contribution in [2.75, 3.05) is 19.8 Å². The summed E-state index contributed by atoms with van der Waals surface area (Å²) < 4.78 is 59.2. The molecule has 0 bridgehead atoms. The molecule has 3 aromatic rings. The monoisotopic (exact) mass is 500 g/mol. The Balaban J connectivity index is 1.26. The third-order valence-corrected chi connectivity index (χ3v) is 6.72. The molecule has 0 spiro atoms. The predicted octanol–water partition coefficient (Wildman–Crippen LogP) is 7.31. The summed E-state index contributed by atoms with van der Waals surface area (Å²) in [4.78, 5) is 0. The van der Waals surface area contributed by atoms with E-state index in [0.29, 0.717) is 42.6 Å². The minimum Gasteiger partial charge on any atom is -0.373 e. The molecular formula is C30H35F3O3. The van der Waals surface area contributed by atoms with Gasteiger partial charge in [0.15, 0.2) is 17.9 Å². The maximum Gasteiger partial charge on any atom is 0.159 e. The smallest absolute Gasteiger partial charge is 0.159 e. The molecule has 0 radical (unpaired) electrons. The average molecular weight is 501 g/mol. The van der Waals surface area contributed by atoms with Crippen LogP contribution in [-0.4, -0.2) is 32.2 Å². The summed E-state index contributed by atoms with van der Waals surface area (Å²) in [7, 11) is 0. The Bertz CT molecular complexity index is 1130. The lowest BCUT2D eigenvalue weighted by molar-refractivity contribution is -0.227. The van der Waals surface area contributed by atoms with Gasteiger partial charge in [0.25, 0.3) is 0 Å². The first-order valence-corrected chi connectivity index (χ1v) is 13.0. The second kappa shape index (κ2) is 13.2. The van der Waals surface area contributed by atoms with Crippen molar-refractivity contribution in [2.24, 2.45) is 0 Å². The predicted molar refractivity (Wildman–Crippen MR) is 136 cm³/mol. The summed E-state index contributed by atoms with van der Waals surface area (Å²) in [5, 5.41) is 1.40. The number of unbranched alkanes of at least 4 members (excludes halogenated alkanes) is 3. The molecule has 0 atom stereocenters. The molecule has 0 aliphatic carbocycles. The number of ether oxygens (including phenoxy) is 3. The molecule has 36 heavy (non-hydrogen) atoms. The van der Waals surface area contributed by atoms with Gasteiger partial charge >= 0.3 is 0 Å². The molecule has 0 aromatic heterocycles. The zero-order valence-corrected chi connectivity index (χ0v) is 20.9. The molecule has 0 amide bonds. The summed E-state index contributed by atoms with van der Waals surface area (Å²) in [6, 6.07) is 13.3. The Morgan fingerprint density at radius 2 is 1.58 bits per heavy atom. The highest BCUT2D eigenvalue weighted by atomic mass is 19.2. The minimum absolute atomic E-state index is 0.00259. The van der Waals surface area contributed by atoms with E-state index in [2.05, 4.69) is 6.92 Å². The molecule has 194 valence electrons. The molecule has 1 fully saturated rings. The van der Waals surface area contributed by atoms with E-state index in [9.17, 15) is 8.78 Å². The third kappa shape index (κ3) is 7.31. The molecule has 6 heteroatoms. The lowest BCUT2D eigenvalue weighted by atomic mass is 9.98. The molecule has 0 unspecified atom stereocenters. The van der Waals surface area contributed by atoms with E-state index in [1.54, 1.807) is 6.07 Å². The lowest BCUT2D eigenvalue weighted by Crippen LogP contribution is -2.37. The number of hydrogen-bond donors (Lipinski definition) is 0. The fraction of sp³-hybridized carbons (Fsp3) is 0.467. The zero-order chi connectivity index (χ0) is 25.3. The normalized spacial score (nSPS) is 18.1. The second-order valence-corrected chi connectivity index (χ2v) is 9.53. The fourth-order valence-corrected chi connectivity index (χ4v) is 4.56. The summed E-state index contributed by atoms with van der Waals surface area (Å²) in [5.74, 6) is -2.02. The largest absolute Gasteiger partial charge is 0.373 e. The van der Waals surface area contributed by atoms with Crippen molar-refractivity contribution in [3.63, 3.8) is 0 Å². The van der Waals surface area contributed by atoms with Crippen LogP contribution in [0.4, 0.5) is 13.2 Å². The number of halogens is 3. The van der Waals surface area contributed by atoms with Gasteiger partial charge in [0.2, 0.25) is 0 Å². The van der Waals surface area contributed by atoms with Gasteiger partial charge in [-0.3, -0.25) is 0 Å². The number of fused-ring (bicyclic) bond motifs is 1. The molecule has 0 N–H and O–H groups in total. The molecule has 4 rings (SSSR count). The molecule has 1 heterocycles. The highest BCUT2D eigenvalue weighted by Crippen LogP contribution is 2.25. The van der Waals surface area contributed by atoms with Crippen LogP contribution in [-0.2, 0) is 33.5 Å². The Morgan fingerprint density at radius 1 is 0.806 bits per heavy atom. The first-order chi connectivity index (χ1) is 17.5. The summed E-state index contributed by atoms with van der Waals surface area (Å²) in [5.41, 5.74) is 2.30. The van der Waals surface area contributed by atoms with E-state index >= 15 is 4.39 Å². The van der Waals surface area contributed by atoms with Crippen LogP contribution in [0.25, 0.3) is 10.8 Å². The van der Waals surface area contributed by atoms with E-state index in [1.165, 1.54) is 31.4 Å². The average Bonchev–Trinajstić information content (AvgIpc) is 2.89. The number of aryl methyl sites for hydroxylation is 3. The number of benzene rings is 3. The van der Waals surface area contributed by atoms with Crippen LogP contribution in [0.3, 0.4) is 0 Å². The van der Waals surface area contributed by atoms with Crippen LogP contribution >= 0.6 is 0 Å². The SMILES string of the molecule is CCCCCCOC1COC(CCc2ccc3c(F)c(CCc4ccc(F)c(F)c4)ccc3c2)OC1. The lowest BCUT2D eigenvalue weighted by Gasteiger charge is -2.29. The zero-order valence-electron chi connectivity index (χ0n) is 20.9. The molecular weight excluding hydrogens is 465 g/mol. The van der Waals surface area contributed by atoms with Gasteiger partial charge in [-0.15, -0.1) is 0 Å². The van der Waals surface area contributed by atoms with Crippen LogP contribution < -0.4 is 0 Å². The standard InChI is InChI=1S/C30H35F3O3/c1-2-3-4-5-16-34-25-19-35-29(36-20-25)15-9-21-7-13-26-24(17-21)12-11-23(30(26)33)10-6-22-8-14-27(31)28(32)18-22/h7-8,11-14,17-18,25,29H,2-6,9-10,15-16,19-20H2,1H3. The van der Waals surface area contributed by atoms with E-state index in [4.69, 9.17) is 14.2 Å². The second-order valence-electron chi connectivity index (χ2n) is 9.53. The minimum atomic E-state index is -0.881. The molecule has 3 nitrogen and oxygen atoms in total. The van der Waals surface area contributed by atoms with Crippen molar-refractivity contribution in [3.8, 4) is 0 Å². The highest BCUT2D eigenvalue weighted by molar-refractivity contribution is 5.84. The Morgan fingerprint density at radius 3 is 2.36 bits per heavy atom. The van der Waals surface area contributed by atoms with Crippen LogP contribution in [0.15, 0.2) is 48.5 Å². The van der Waals surface area contributed by atoms with Gasteiger partial charge in [0.1, 0.15) is 11.9 Å². The Kier molecular flexibility index (Phi) is 9.79. The van der Waals surface area contributed by atoms with Crippen LogP contribution in [0, 0.1) is 17.5 Å². The summed E-state index contributed by atoms with van der Waals surface area (Å²) >= 11 is 0. The van der Waals surface area contributed by atoms with Crippen molar-refractivity contribution in [1.29, 1.82) is 0 Å². The van der Waals surface area contributed by atoms with Gasteiger partial charge in [-0.2, -0.15) is 0 Å². The molecule has 3 aromatic carbocycles. The van der Waals surface area contributed by atoms with E-state index < -0.39 is 11.6 Å².